The molecule has 4 heterocycles. The summed E-state index contributed by atoms with van der Waals surface area (Å²) in [5.74, 6) is 0.856. The van der Waals surface area contributed by atoms with Gasteiger partial charge < -0.3 is 25.4 Å². The number of imidazole rings is 1. The second-order valence-corrected chi connectivity index (χ2v) is 13.2. The van der Waals surface area contributed by atoms with Crippen molar-refractivity contribution in [3.8, 4) is 27.6 Å². The number of rotatable bonds is 5. The summed E-state index contributed by atoms with van der Waals surface area (Å²) in [6, 6.07) is 14.9. The first-order valence-electron chi connectivity index (χ1n) is 15.3. The number of nitrogens with two attached hydrogens (primary N) is 1. The van der Waals surface area contributed by atoms with Gasteiger partial charge in [0.25, 0.3) is 0 Å². The Balaban J connectivity index is 1.25. The molecular formula is C33H35N5O5S. The van der Waals surface area contributed by atoms with Gasteiger partial charge in [-0.1, -0.05) is 25.1 Å². The van der Waals surface area contributed by atoms with E-state index in [-0.39, 0.29) is 22.7 Å². The largest absolute Gasteiger partial charge is 0.477 e. The van der Waals surface area contributed by atoms with Gasteiger partial charge in [-0.3, -0.25) is 9.36 Å². The third-order valence-corrected chi connectivity index (χ3v) is 10.6. The van der Waals surface area contributed by atoms with Gasteiger partial charge in [-0.25, -0.2) is 14.6 Å². The number of carbonyl (C=O) groups excluding carboxylic acids is 2. The smallest absolute Gasteiger partial charge is 0.348 e. The van der Waals surface area contributed by atoms with Crippen molar-refractivity contribution in [2.45, 2.75) is 58.2 Å². The SMILES string of the molecule is CC1CCC(C(=O)N(c2cc(-c3ccc4c(c3)OCn3c-4nc4ccccc43)sc2C(=O)O)C2CCN(C(N)=O)CC2)CC1. The second-order valence-electron chi connectivity index (χ2n) is 12.2. The Morgan fingerprint density at radius 3 is 2.50 bits per heavy atom. The lowest BCUT2D eigenvalue weighted by Crippen LogP contribution is -2.52. The monoisotopic (exact) mass is 613 g/mol. The minimum absolute atomic E-state index is 0.0195. The van der Waals surface area contributed by atoms with Gasteiger partial charge in [-0.15, -0.1) is 11.3 Å². The van der Waals surface area contributed by atoms with Crippen LogP contribution in [0.3, 0.4) is 0 Å². The average molecular weight is 614 g/mol. The summed E-state index contributed by atoms with van der Waals surface area (Å²) in [6.45, 7) is 3.40. The Labute approximate surface area is 259 Å². The standard InChI is InChI=1S/C33H35N5O5S/c1-19-6-8-20(9-7-19)31(39)38(22-12-14-36(15-13-22)33(34)42)26-17-28(44-29(26)32(40)41)21-10-11-23-27(16-21)43-18-37-25-5-3-2-4-24(25)35-30(23)37/h2-5,10-11,16-17,19-20,22H,6-9,12-15,18H2,1H3,(H2,34,42)(H,40,41). The molecule has 4 aromatic rings. The van der Waals surface area contributed by atoms with Gasteiger partial charge in [0.15, 0.2) is 6.73 Å². The number of anilines is 1. The molecule has 2 aliphatic heterocycles. The number of hydrogen-bond acceptors (Lipinski definition) is 6. The van der Waals surface area contributed by atoms with Crippen molar-refractivity contribution in [2.24, 2.45) is 17.6 Å². The molecule has 2 fully saturated rings. The van der Waals surface area contributed by atoms with Crippen molar-refractivity contribution in [3.05, 3.63) is 53.4 Å². The maximum absolute atomic E-state index is 14.2. The van der Waals surface area contributed by atoms with Crippen LogP contribution in [0.4, 0.5) is 10.5 Å². The quantitative estimate of drug-likeness (QED) is 0.276. The zero-order chi connectivity index (χ0) is 30.5. The number of carboxylic acid groups (broad SMARTS) is 1. The number of aromatic nitrogens is 2. The van der Waals surface area contributed by atoms with Crippen LogP contribution in [-0.2, 0) is 11.5 Å². The minimum atomic E-state index is -1.07. The minimum Gasteiger partial charge on any atom is -0.477 e. The Hall–Kier alpha value is -4.38. The predicted molar refractivity (Wildman–Crippen MR) is 169 cm³/mol. The highest BCUT2D eigenvalue weighted by atomic mass is 32.1. The van der Waals surface area contributed by atoms with E-state index < -0.39 is 12.0 Å². The highest BCUT2D eigenvalue weighted by Gasteiger charge is 2.38. The number of piperidine rings is 1. The van der Waals surface area contributed by atoms with E-state index in [1.807, 2.05) is 53.1 Å². The molecule has 7 rings (SSSR count). The van der Waals surface area contributed by atoms with E-state index >= 15 is 0 Å². The summed E-state index contributed by atoms with van der Waals surface area (Å²) in [5.41, 5.74) is 9.55. The number of carbonyl (C=O) groups is 3. The Kier molecular flexibility index (Phi) is 7.28. The van der Waals surface area contributed by atoms with E-state index in [0.29, 0.717) is 50.0 Å². The van der Waals surface area contributed by atoms with Crippen molar-refractivity contribution in [1.29, 1.82) is 0 Å². The lowest BCUT2D eigenvalue weighted by atomic mass is 9.82. The molecule has 1 saturated heterocycles. The summed E-state index contributed by atoms with van der Waals surface area (Å²) >= 11 is 1.17. The van der Waals surface area contributed by atoms with E-state index in [2.05, 4.69) is 6.92 Å². The molecule has 1 saturated carbocycles. The molecule has 3 aliphatic rings. The first-order chi connectivity index (χ1) is 21.3. The number of para-hydroxylation sites is 2. The number of ether oxygens (including phenoxy) is 1. The predicted octanol–water partition coefficient (Wildman–Crippen LogP) is 6.18. The number of thiophene rings is 1. The van der Waals surface area contributed by atoms with Gasteiger partial charge in [-0.2, -0.15) is 0 Å². The maximum atomic E-state index is 14.2. The first-order valence-corrected chi connectivity index (χ1v) is 16.1. The molecule has 0 unspecified atom stereocenters. The van der Waals surface area contributed by atoms with Crippen LogP contribution in [-0.4, -0.2) is 56.6 Å². The summed E-state index contributed by atoms with van der Waals surface area (Å²) in [7, 11) is 0. The summed E-state index contributed by atoms with van der Waals surface area (Å²) in [5, 5.41) is 10.4. The molecule has 3 amide bonds. The summed E-state index contributed by atoms with van der Waals surface area (Å²) < 4.78 is 8.21. The number of nitrogens with zero attached hydrogens (tertiary/aromatic N) is 4. The molecule has 0 bridgehead atoms. The van der Waals surface area contributed by atoms with E-state index in [4.69, 9.17) is 15.5 Å². The lowest BCUT2D eigenvalue weighted by Gasteiger charge is -2.40. The van der Waals surface area contributed by atoms with Crippen molar-refractivity contribution in [2.75, 3.05) is 18.0 Å². The molecule has 2 aromatic carbocycles. The Morgan fingerprint density at radius 1 is 1.02 bits per heavy atom. The van der Waals surface area contributed by atoms with Crippen LogP contribution in [0.5, 0.6) is 5.75 Å². The van der Waals surface area contributed by atoms with Gasteiger partial charge >= 0.3 is 12.0 Å². The number of likely N-dealkylation sites (tertiary alicyclic amines) is 1. The Bertz CT molecular complexity index is 1760. The van der Waals surface area contributed by atoms with Gasteiger partial charge in [-0.05, 0) is 80.3 Å². The van der Waals surface area contributed by atoms with Crippen LogP contribution >= 0.6 is 11.3 Å². The second kappa shape index (κ2) is 11.3. The summed E-state index contributed by atoms with van der Waals surface area (Å²) in [4.78, 5) is 47.7. The number of benzene rings is 2. The van der Waals surface area contributed by atoms with Crippen LogP contribution in [0.1, 0.15) is 55.1 Å². The molecular weight excluding hydrogens is 578 g/mol. The van der Waals surface area contributed by atoms with Crippen molar-refractivity contribution in [1.82, 2.24) is 14.5 Å². The number of urea groups is 1. The zero-order valence-electron chi connectivity index (χ0n) is 24.6. The zero-order valence-corrected chi connectivity index (χ0v) is 25.4. The normalized spacial score (nSPS) is 20.1. The van der Waals surface area contributed by atoms with Crippen LogP contribution in [0.15, 0.2) is 48.5 Å². The Morgan fingerprint density at radius 2 is 1.77 bits per heavy atom. The molecule has 10 nitrogen and oxygen atoms in total. The van der Waals surface area contributed by atoms with Crippen LogP contribution in [0, 0.1) is 11.8 Å². The van der Waals surface area contributed by atoms with Crippen molar-refractivity contribution in [3.63, 3.8) is 0 Å². The van der Waals surface area contributed by atoms with E-state index in [1.165, 1.54) is 11.3 Å². The molecule has 0 atom stereocenters. The fraction of sp³-hybridized carbons (Fsp3) is 0.394. The average Bonchev–Trinajstić information content (AvgIpc) is 3.64. The molecule has 11 heteroatoms. The first kappa shape index (κ1) is 28.4. The number of hydrogen-bond donors (Lipinski definition) is 2. The molecule has 0 radical (unpaired) electrons. The molecule has 2 aromatic heterocycles. The highest BCUT2D eigenvalue weighted by molar-refractivity contribution is 7.18. The molecule has 0 spiro atoms. The number of fused-ring (bicyclic) bond motifs is 5. The van der Waals surface area contributed by atoms with Crippen LogP contribution < -0.4 is 15.4 Å². The van der Waals surface area contributed by atoms with E-state index in [9.17, 15) is 19.5 Å². The third-order valence-electron chi connectivity index (χ3n) is 9.42. The maximum Gasteiger partial charge on any atom is 0.348 e. The number of amides is 3. The van der Waals surface area contributed by atoms with Gasteiger partial charge in [0, 0.05) is 29.9 Å². The number of aromatic carboxylic acids is 1. The van der Waals surface area contributed by atoms with E-state index in [0.717, 1.165) is 58.5 Å². The lowest BCUT2D eigenvalue weighted by molar-refractivity contribution is -0.124. The van der Waals surface area contributed by atoms with E-state index in [1.54, 1.807) is 9.80 Å². The van der Waals surface area contributed by atoms with Crippen LogP contribution in [0.2, 0.25) is 0 Å². The fourth-order valence-electron chi connectivity index (χ4n) is 6.93. The van der Waals surface area contributed by atoms with Gasteiger partial charge in [0.1, 0.15) is 16.5 Å². The molecule has 44 heavy (non-hydrogen) atoms. The van der Waals surface area contributed by atoms with Crippen LogP contribution in [0.25, 0.3) is 32.9 Å². The van der Waals surface area contributed by atoms with Crippen molar-refractivity contribution >= 4 is 46.0 Å². The van der Waals surface area contributed by atoms with Crippen molar-refractivity contribution < 1.29 is 24.2 Å². The number of carboxylic acids is 1. The third kappa shape index (κ3) is 4.98. The highest BCUT2D eigenvalue weighted by Crippen LogP contribution is 2.44. The number of primary amides is 1. The van der Waals surface area contributed by atoms with Gasteiger partial charge in [0.05, 0.1) is 22.3 Å². The fourth-order valence-corrected chi connectivity index (χ4v) is 7.91. The molecule has 3 N–H and O–H groups in total. The topological polar surface area (TPSA) is 131 Å². The molecule has 228 valence electrons. The molecule has 1 aliphatic carbocycles. The summed E-state index contributed by atoms with van der Waals surface area (Å²) in [6.07, 6.45) is 4.62. The van der Waals surface area contributed by atoms with Gasteiger partial charge in [0.2, 0.25) is 5.91 Å².